The molecule has 0 saturated carbocycles. The zero-order chi connectivity index (χ0) is 29.2. The molecule has 0 aliphatic carbocycles. The topological polar surface area (TPSA) is 9.23 Å². The van der Waals surface area contributed by atoms with Crippen LogP contribution in [0.15, 0.2) is 0 Å². The molecule has 0 saturated heterocycles. The van der Waals surface area contributed by atoms with E-state index in [1.165, 1.54) is 167 Å². The SMILES string of the molecule is CCCCC(CCCC)(CCCC)CCCCC(C)OC(C)CCCCC(CCCC)(CCCC)CCCC. The van der Waals surface area contributed by atoms with E-state index in [0.29, 0.717) is 23.0 Å². The van der Waals surface area contributed by atoms with Crippen molar-refractivity contribution >= 4 is 0 Å². The first-order valence-corrected chi connectivity index (χ1v) is 18.5. The van der Waals surface area contributed by atoms with Crippen molar-refractivity contribution in [3.05, 3.63) is 0 Å². The summed E-state index contributed by atoms with van der Waals surface area (Å²) in [4.78, 5) is 0. The Bertz CT molecular complexity index is 409. The lowest BCUT2D eigenvalue weighted by Gasteiger charge is -2.35. The molecular formula is C38H78O. The minimum absolute atomic E-state index is 0.411. The summed E-state index contributed by atoms with van der Waals surface area (Å²) in [7, 11) is 0. The van der Waals surface area contributed by atoms with Crippen molar-refractivity contribution in [2.45, 2.75) is 235 Å². The first-order chi connectivity index (χ1) is 18.9. The van der Waals surface area contributed by atoms with Crippen molar-refractivity contribution in [2.24, 2.45) is 10.8 Å². The number of rotatable bonds is 30. The van der Waals surface area contributed by atoms with E-state index >= 15 is 0 Å². The molecule has 0 aromatic carbocycles. The smallest absolute Gasteiger partial charge is 0.0550 e. The van der Waals surface area contributed by atoms with Gasteiger partial charge in [0.05, 0.1) is 12.2 Å². The van der Waals surface area contributed by atoms with Gasteiger partial charge in [0.15, 0.2) is 0 Å². The van der Waals surface area contributed by atoms with Gasteiger partial charge in [-0.3, -0.25) is 0 Å². The Hall–Kier alpha value is -0.0400. The maximum Gasteiger partial charge on any atom is 0.0550 e. The van der Waals surface area contributed by atoms with Crippen LogP contribution in [0.25, 0.3) is 0 Å². The first kappa shape index (κ1) is 39.0. The second kappa shape index (κ2) is 25.7. The normalized spacial score (nSPS) is 14.2. The maximum atomic E-state index is 6.50. The van der Waals surface area contributed by atoms with Crippen molar-refractivity contribution in [2.75, 3.05) is 0 Å². The third kappa shape index (κ3) is 19.7. The maximum absolute atomic E-state index is 6.50. The molecule has 0 spiro atoms. The fourth-order valence-corrected chi connectivity index (χ4v) is 7.21. The van der Waals surface area contributed by atoms with Crippen LogP contribution in [0.3, 0.4) is 0 Å². The minimum atomic E-state index is 0.411. The van der Waals surface area contributed by atoms with E-state index in [2.05, 4.69) is 55.4 Å². The molecule has 0 radical (unpaired) electrons. The summed E-state index contributed by atoms with van der Waals surface area (Å²) < 4.78 is 6.50. The van der Waals surface area contributed by atoms with Gasteiger partial charge in [0.2, 0.25) is 0 Å². The van der Waals surface area contributed by atoms with E-state index in [1.807, 2.05) is 0 Å². The molecule has 39 heavy (non-hydrogen) atoms. The van der Waals surface area contributed by atoms with Crippen molar-refractivity contribution in [1.82, 2.24) is 0 Å². The second-order valence-corrected chi connectivity index (χ2v) is 13.9. The van der Waals surface area contributed by atoms with Crippen LogP contribution in [0.2, 0.25) is 0 Å². The highest BCUT2D eigenvalue weighted by Crippen LogP contribution is 2.42. The standard InChI is InChI=1S/C38H78O/c1-9-15-27-37(28-16-10-2,29-17-11-3)33-23-21-25-35(7)39-36(8)26-22-24-34-38(30-18-12-4,31-19-13-5)32-20-14-6/h35-36H,9-34H2,1-8H3. The molecule has 2 atom stereocenters. The highest BCUT2D eigenvalue weighted by molar-refractivity contribution is 4.81. The van der Waals surface area contributed by atoms with E-state index in [0.717, 1.165) is 0 Å². The van der Waals surface area contributed by atoms with Crippen molar-refractivity contribution in [1.29, 1.82) is 0 Å². The van der Waals surface area contributed by atoms with Crippen LogP contribution in [0.5, 0.6) is 0 Å². The fourth-order valence-electron chi connectivity index (χ4n) is 7.21. The molecule has 0 bridgehead atoms. The molecule has 2 unspecified atom stereocenters. The van der Waals surface area contributed by atoms with Gasteiger partial charge in [-0.1, -0.05) is 144 Å². The average molecular weight is 551 g/mol. The largest absolute Gasteiger partial charge is 0.376 e. The van der Waals surface area contributed by atoms with Gasteiger partial charge in [-0.25, -0.2) is 0 Å². The van der Waals surface area contributed by atoms with Gasteiger partial charge < -0.3 is 4.74 Å². The Morgan fingerprint density at radius 3 is 0.821 bits per heavy atom. The molecule has 0 aromatic heterocycles. The van der Waals surface area contributed by atoms with Gasteiger partial charge in [0, 0.05) is 0 Å². The predicted octanol–water partition coefficient (Wildman–Crippen LogP) is 14.0. The number of ether oxygens (including phenoxy) is 1. The van der Waals surface area contributed by atoms with E-state index < -0.39 is 0 Å². The first-order valence-electron chi connectivity index (χ1n) is 18.5. The third-order valence-corrected chi connectivity index (χ3v) is 9.96. The predicted molar refractivity (Wildman–Crippen MR) is 179 cm³/mol. The van der Waals surface area contributed by atoms with Crippen LogP contribution in [-0.2, 0) is 4.74 Å². The van der Waals surface area contributed by atoms with Gasteiger partial charge in [0.1, 0.15) is 0 Å². The van der Waals surface area contributed by atoms with Crippen LogP contribution in [-0.4, -0.2) is 12.2 Å². The molecule has 0 aliphatic heterocycles. The number of hydrogen-bond donors (Lipinski definition) is 0. The number of hydrogen-bond acceptors (Lipinski definition) is 1. The van der Waals surface area contributed by atoms with Crippen LogP contribution < -0.4 is 0 Å². The zero-order valence-corrected chi connectivity index (χ0v) is 28.9. The Labute approximate surface area is 249 Å². The summed E-state index contributed by atoms with van der Waals surface area (Å²) in [6.45, 7) is 18.9. The molecule has 0 aromatic rings. The second-order valence-electron chi connectivity index (χ2n) is 13.9. The average Bonchev–Trinajstić information content (AvgIpc) is 2.94. The van der Waals surface area contributed by atoms with Crippen LogP contribution in [0.1, 0.15) is 222 Å². The minimum Gasteiger partial charge on any atom is -0.376 e. The van der Waals surface area contributed by atoms with Gasteiger partial charge in [-0.05, 0) is 88.9 Å². The molecular weight excluding hydrogens is 472 g/mol. The van der Waals surface area contributed by atoms with E-state index in [9.17, 15) is 0 Å². The lowest BCUT2D eigenvalue weighted by Crippen LogP contribution is -2.22. The summed E-state index contributed by atoms with van der Waals surface area (Å²) in [5.41, 5.74) is 1.25. The summed E-state index contributed by atoms with van der Waals surface area (Å²) in [5.74, 6) is 0. The van der Waals surface area contributed by atoms with Crippen LogP contribution in [0, 0.1) is 10.8 Å². The Kier molecular flexibility index (Phi) is 25.6. The molecule has 0 fully saturated rings. The lowest BCUT2D eigenvalue weighted by molar-refractivity contribution is -0.00338. The van der Waals surface area contributed by atoms with Crippen molar-refractivity contribution < 1.29 is 4.74 Å². The summed E-state index contributed by atoms with van der Waals surface area (Å²) in [6.07, 6.45) is 37.0. The summed E-state index contributed by atoms with van der Waals surface area (Å²) in [5, 5.41) is 0. The van der Waals surface area contributed by atoms with E-state index in [1.54, 1.807) is 0 Å². The highest BCUT2D eigenvalue weighted by Gasteiger charge is 2.29. The van der Waals surface area contributed by atoms with Gasteiger partial charge >= 0.3 is 0 Å². The molecule has 0 amide bonds. The van der Waals surface area contributed by atoms with Crippen LogP contribution >= 0.6 is 0 Å². The molecule has 0 aliphatic rings. The molecule has 0 rings (SSSR count). The quantitative estimate of drug-likeness (QED) is 0.0808. The van der Waals surface area contributed by atoms with E-state index in [4.69, 9.17) is 4.74 Å². The third-order valence-electron chi connectivity index (χ3n) is 9.96. The van der Waals surface area contributed by atoms with E-state index in [-0.39, 0.29) is 0 Å². The summed E-state index contributed by atoms with van der Waals surface area (Å²) >= 11 is 0. The van der Waals surface area contributed by atoms with Gasteiger partial charge in [0.25, 0.3) is 0 Å². The van der Waals surface area contributed by atoms with Crippen molar-refractivity contribution in [3.63, 3.8) is 0 Å². The van der Waals surface area contributed by atoms with Gasteiger partial charge in [-0.15, -0.1) is 0 Å². The molecule has 1 nitrogen and oxygen atoms in total. The Balaban J connectivity index is 4.55. The number of unbranched alkanes of at least 4 members (excludes halogenated alkanes) is 8. The molecule has 236 valence electrons. The van der Waals surface area contributed by atoms with Crippen molar-refractivity contribution in [3.8, 4) is 0 Å². The Morgan fingerprint density at radius 2 is 0.590 bits per heavy atom. The lowest BCUT2D eigenvalue weighted by atomic mass is 9.71. The molecule has 0 heterocycles. The van der Waals surface area contributed by atoms with Gasteiger partial charge in [-0.2, -0.15) is 0 Å². The highest BCUT2D eigenvalue weighted by atomic mass is 16.5. The summed E-state index contributed by atoms with van der Waals surface area (Å²) in [6, 6.07) is 0. The molecule has 1 heteroatoms. The Morgan fingerprint density at radius 1 is 0.359 bits per heavy atom. The van der Waals surface area contributed by atoms with Crippen LogP contribution in [0.4, 0.5) is 0 Å². The monoisotopic (exact) mass is 551 g/mol. The zero-order valence-electron chi connectivity index (χ0n) is 28.9. The molecule has 0 N–H and O–H groups in total. The fraction of sp³-hybridized carbons (Fsp3) is 1.00.